The van der Waals surface area contributed by atoms with Crippen LogP contribution in [0, 0.1) is 13.8 Å². The Labute approximate surface area is 143 Å². The highest BCUT2D eigenvalue weighted by molar-refractivity contribution is 6.32. The topological polar surface area (TPSA) is 72.4 Å². The monoisotopic (exact) mass is 342 g/mol. The van der Waals surface area contributed by atoms with E-state index in [0.29, 0.717) is 16.4 Å². The summed E-state index contributed by atoms with van der Waals surface area (Å²) >= 11 is 6.40. The van der Waals surface area contributed by atoms with Crippen molar-refractivity contribution in [1.29, 1.82) is 0 Å². The molecule has 1 N–H and O–H groups in total. The van der Waals surface area contributed by atoms with Crippen LogP contribution < -0.4 is 5.43 Å². The number of nitrogens with zero attached hydrogens (tertiary/aromatic N) is 3. The Morgan fingerprint density at radius 3 is 2.71 bits per heavy atom. The summed E-state index contributed by atoms with van der Waals surface area (Å²) in [6.45, 7) is 3.84. The molecule has 0 aliphatic heterocycles. The van der Waals surface area contributed by atoms with Crippen LogP contribution in [0.15, 0.2) is 52.2 Å². The molecule has 24 heavy (non-hydrogen) atoms. The fraction of sp³-hybridized carbons (Fsp3) is 0.118. The minimum Gasteiger partial charge on any atom is -0.459 e. The number of furan rings is 1. The summed E-state index contributed by atoms with van der Waals surface area (Å²) in [6.07, 6.45) is 2.89. The molecule has 7 heteroatoms. The molecular formula is C17H15ClN4O2. The van der Waals surface area contributed by atoms with Crippen LogP contribution in [-0.2, 0) is 0 Å². The van der Waals surface area contributed by atoms with Crippen LogP contribution in [-0.4, -0.2) is 21.9 Å². The van der Waals surface area contributed by atoms with E-state index < -0.39 is 5.91 Å². The van der Waals surface area contributed by atoms with Crippen LogP contribution in [0.3, 0.4) is 0 Å². The maximum atomic E-state index is 11.8. The zero-order valence-electron chi connectivity index (χ0n) is 13.2. The first-order chi connectivity index (χ1) is 11.6. The molecule has 0 saturated carbocycles. The smallest absolute Gasteiger partial charge is 0.307 e. The Morgan fingerprint density at radius 1 is 1.29 bits per heavy atom. The maximum absolute atomic E-state index is 11.8. The molecule has 0 spiro atoms. The number of carbonyl (C=O) groups excluding carboxylic acids is 1. The predicted octanol–water partition coefficient (Wildman–Crippen LogP) is 3.50. The molecule has 0 radical (unpaired) electrons. The van der Waals surface area contributed by atoms with Gasteiger partial charge in [0.15, 0.2) is 5.76 Å². The highest BCUT2D eigenvalue weighted by Crippen LogP contribution is 2.22. The van der Waals surface area contributed by atoms with Crippen molar-refractivity contribution >= 4 is 23.7 Å². The van der Waals surface area contributed by atoms with Crippen molar-refractivity contribution in [3.05, 3.63) is 70.4 Å². The summed E-state index contributed by atoms with van der Waals surface area (Å²) in [5.74, 6) is -0.249. The standard InChI is InChI=1S/C17H15ClN4O2/c1-11-5-7-13(8-6-11)22-16(18)14(12(2)21-22)10-19-20-17(23)15-4-3-9-24-15/h3-10H,1-2H3,(H,20,23)/b19-10-. The van der Waals surface area contributed by atoms with Gasteiger partial charge in [-0.15, -0.1) is 0 Å². The number of benzene rings is 1. The van der Waals surface area contributed by atoms with E-state index in [-0.39, 0.29) is 5.76 Å². The predicted molar refractivity (Wildman–Crippen MR) is 91.8 cm³/mol. The number of hydrogen-bond donors (Lipinski definition) is 1. The number of halogens is 1. The Balaban J connectivity index is 1.80. The Bertz CT molecular complexity index is 880. The van der Waals surface area contributed by atoms with Crippen LogP contribution in [0.4, 0.5) is 0 Å². The number of aromatic nitrogens is 2. The molecule has 0 saturated heterocycles. The molecule has 1 aromatic carbocycles. The van der Waals surface area contributed by atoms with Crippen molar-refractivity contribution < 1.29 is 9.21 Å². The van der Waals surface area contributed by atoms with E-state index in [0.717, 1.165) is 11.3 Å². The molecule has 3 rings (SSSR count). The minimum absolute atomic E-state index is 0.185. The van der Waals surface area contributed by atoms with E-state index in [1.807, 2.05) is 38.1 Å². The number of carbonyl (C=O) groups is 1. The number of hydrazone groups is 1. The quantitative estimate of drug-likeness (QED) is 0.582. The van der Waals surface area contributed by atoms with Crippen molar-refractivity contribution in [1.82, 2.24) is 15.2 Å². The molecule has 1 amide bonds. The van der Waals surface area contributed by atoms with Crippen LogP contribution in [0.5, 0.6) is 0 Å². The van der Waals surface area contributed by atoms with Gasteiger partial charge in [-0.1, -0.05) is 29.3 Å². The van der Waals surface area contributed by atoms with E-state index in [9.17, 15) is 4.79 Å². The number of amides is 1. The van der Waals surface area contributed by atoms with Crippen molar-refractivity contribution in [3.63, 3.8) is 0 Å². The number of rotatable bonds is 4. The van der Waals surface area contributed by atoms with Crippen molar-refractivity contribution in [2.45, 2.75) is 13.8 Å². The average molecular weight is 343 g/mol. The molecule has 122 valence electrons. The SMILES string of the molecule is Cc1ccc(-n2nc(C)c(/C=N\NC(=O)c3ccco3)c2Cl)cc1. The summed E-state index contributed by atoms with van der Waals surface area (Å²) in [6, 6.07) is 11.0. The zero-order chi connectivity index (χ0) is 17.1. The lowest BCUT2D eigenvalue weighted by Gasteiger charge is -2.03. The summed E-state index contributed by atoms with van der Waals surface area (Å²) < 4.78 is 6.62. The molecule has 2 heterocycles. The first-order valence-corrected chi connectivity index (χ1v) is 7.63. The molecule has 0 atom stereocenters. The first-order valence-electron chi connectivity index (χ1n) is 7.25. The molecule has 3 aromatic rings. The molecule has 0 aliphatic rings. The van der Waals surface area contributed by atoms with Gasteiger partial charge in [-0.3, -0.25) is 4.79 Å². The third kappa shape index (κ3) is 3.23. The van der Waals surface area contributed by atoms with Gasteiger partial charge in [0.05, 0.1) is 29.4 Å². The number of aryl methyl sites for hydroxylation is 2. The average Bonchev–Trinajstić information content (AvgIpc) is 3.19. The highest BCUT2D eigenvalue weighted by Gasteiger charge is 2.13. The van der Waals surface area contributed by atoms with Crippen LogP contribution in [0.1, 0.15) is 27.4 Å². The largest absolute Gasteiger partial charge is 0.459 e. The second-order valence-corrected chi connectivity index (χ2v) is 5.57. The summed E-state index contributed by atoms with van der Waals surface area (Å²) in [7, 11) is 0. The molecule has 2 aromatic heterocycles. The van der Waals surface area contributed by atoms with E-state index in [4.69, 9.17) is 16.0 Å². The lowest BCUT2D eigenvalue weighted by Crippen LogP contribution is -2.16. The van der Waals surface area contributed by atoms with Gasteiger partial charge in [0.1, 0.15) is 5.15 Å². The van der Waals surface area contributed by atoms with Gasteiger partial charge in [-0.25, -0.2) is 10.1 Å². The Kier molecular flexibility index (Phi) is 4.48. The second kappa shape index (κ2) is 6.72. The van der Waals surface area contributed by atoms with Crippen molar-refractivity contribution in [2.24, 2.45) is 5.10 Å². The van der Waals surface area contributed by atoms with Gasteiger partial charge in [0.25, 0.3) is 0 Å². The van der Waals surface area contributed by atoms with Gasteiger partial charge in [-0.05, 0) is 38.1 Å². The first kappa shape index (κ1) is 16.0. The zero-order valence-corrected chi connectivity index (χ0v) is 13.9. The third-order valence-corrected chi connectivity index (χ3v) is 3.79. The van der Waals surface area contributed by atoms with Crippen LogP contribution in [0.25, 0.3) is 5.69 Å². The third-order valence-electron chi connectivity index (χ3n) is 3.43. The summed E-state index contributed by atoms with van der Waals surface area (Å²) in [5, 5.41) is 8.76. The normalized spacial score (nSPS) is 11.1. The Morgan fingerprint density at radius 2 is 2.04 bits per heavy atom. The summed E-state index contributed by atoms with van der Waals surface area (Å²) in [4.78, 5) is 11.8. The van der Waals surface area contributed by atoms with Crippen molar-refractivity contribution in [2.75, 3.05) is 0 Å². The molecule has 0 unspecified atom stereocenters. The molecule has 6 nitrogen and oxygen atoms in total. The van der Waals surface area contributed by atoms with E-state index in [2.05, 4.69) is 15.6 Å². The number of nitrogens with one attached hydrogen (secondary N) is 1. The van der Waals surface area contributed by atoms with E-state index >= 15 is 0 Å². The fourth-order valence-corrected chi connectivity index (χ4v) is 2.45. The van der Waals surface area contributed by atoms with E-state index in [1.165, 1.54) is 12.5 Å². The van der Waals surface area contributed by atoms with Gasteiger partial charge < -0.3 is 4.42 Å². The second-order valence-electron chi connectivity index (χ2n) is 5.21. The van der Waals surface area contributed by atoms with Gasteiger partial charge >= 0.3 is 5.91 Å². The van der Waals surface area contributed by atoms with Gasteiger partial charge in [0, 0.05) is 0 Å². The van der Waals surface area contributed by atoms with Crippen molar-refractivity contribution in [3.8, 4) is 5.69 Å². The maximum Gasteiger partial charge on any atom is 0.307 e. The molecule has 0 bridgehead atoms. The fourth-order valence-electron chi connectivity index (χ4n) is 2.13. The Hall–Kier alpha value is -2.86. The molecule has 0 aliphatic carbocycles. The highest BCUT2D eigenvalue weighted by atomic mass is 35.5. The van der Waals surface area contributed by atoms with Gasteiger partial charge in [0.2, 0.25) is 0 Å². The van der Waals surface area contributed by atoms with E-state index in [1.54, 1.807) is 16.8 Å². The lowest BCUT2D eigenvalue weighted by molar-refractivity contribution is 0.0927. The molecule has 0 fully saturated rings. The van der Waals surface area contributed by atoms with Crippen LogP contribution in [0.2, 0.25) is 5.15 Å². The lowest BCUT2D eigenvalue weighted by atomic mass is 10.2. The summed E-state index contributed by atoms with van der Waals surface area (Å²) in [5.41, 5.74) is 5.74. The van der Waals surface area contributed by atoms with Gasteiger partial charge in [-0.2, -0.15) is 10.2 Å². The minimum atomic E-state index is -0.434. The molecular weight excluding hydrogens is 328 g/mol. The van der Waals surface area contributed by atoms with Crippen LogP contribution >= 0.6 is 11.6 Å². The number of hydrogen-bond acceptors (Lipinski definition) is 4.